The van der Waals surface area contributed by atoms with Crippen LogP contribution in [0.25, 0.3) is 0 Å². The number of carbonyl (C=O) groups excluding carboxylic acids is 1. The predicted octanol–water partition coefficient (Wildman–Crippen LogP) is 3.17. The Labute approximate surface area is 177 Å². The SMILES string of the molecule is C[SiH2]OC(O[SiH2]C)C(C)(C)CCOCCN(C(C)=O)c1ccc(Br)c(C)c1. The molecule has 0 bridgehead atoms. The van der Waals surface area contributed by atoms with Crippen LogP contribution in [-0.2, 0) is 18.4 Å². The normalized spacial score (nSPS) is 13.7. The molecular formula is C19H34BrNO4Si2. The molecule has 1 rings (SSSR count). The molecule has 0 saturated heterocycles. The molecule has 0 atom stereocenters. The maximum atomic E-state index is 12.0. The van der Waals surface area contributed by atoms with Crippen molar-refractivity contribution in [3.8, 4) is 0 Å². The van der Waals surface area contributed by atoms with Crippen LogP contribution in [0.2, 0.25) is 13.1 Å². The topological polar surface area (TPSA) is 48.0 Å². The molecule has 0 aliphatic rings. The van der Waals surface area contributed by atoms with Crippen LogP contribution in [0, 0.1) is 12.3 Å². The molecule has 5 nitrogen and oxygen atoms in total. The molecule has 0 radical (unpaired) electrons. The third kappa shape index (κ3) is 8.17. The lowest BCUT2D eigenvalue weighted by Gasteiger charge is -2.34. The van der Waals surface area contributed by atoms with Crippen LogP contribution in [0.4, 0.5) is 5.69 Å². The molecule has 1 aromatic carbocycles. The first-order valence-electron chi connectivity index (χ1n) is 9.58. The van der Waals surface area contributed by atoms with Gasteiger partial charge in [0.25, 0.3) is 0 Å². The summed E-state index contributed by atoms with van der Waals surface area (Å²) in [4.78, 5) is 13.8. The number of aryl methyl sites for hydroxylation is 1. The molecule has 0 spiro atoms. The van der Waals surface area contributed by atoms with Crippen molar-refractivity contribution in [3.63, 3.8) is 0 Å². The Kier molecular flexibility index (Phi) is 11.0. The lowest BCUT2D eigenvalue weighted by Crippen LogP contribution is -2.37. The number of halogens is 1. The molecule has 0 aliphatic carbocycles. The molecule has 8 heteroatoms. The fraction of sp³-hybridized carbons (Fsp3) is 0.632. The van der Waals surface area contributed by atoms with E-state index in [1.54, 1.807) is 11.8 Å². The van der Waals surface area contributed by atoms with Gasteiger partial charge in [-0.2, -0.15) is 0 Å². The van der Waals surface area contributed by atoms with Crippen molar-refractivity contribution in [1.29, 1.82) is 0 Å². The molecule has 27 heavy (non-hydrogen) atoms. The minimum atomic E-state index is -0.514. The Morgan fingerprint density at radius 3 is 2.37 bits per heavy atom. The minimum Gasteiger partial charge on any atom is -0.400 e. The highest BCUT2D eigenvalue weighted by Crippen LogP contribution is 2.28. The number of hydrogen-bond acceptors (Lipinski definition) is 4. The first kappa shape index (κ1) is 24.5. The van der Waals surface area contributed by atoms with Crippen LogP contribution in [0.5, 0.6) is 0 Å². The third-order valence-electron chi connectivity index (χ3n) is 4.46. The predicted molar refractivity (Wildman–Crippen MR) is 121 cm³/mol. The Morgan fingerprint density at radius 2 is 1.85 bits per heavy atom. The van der Waals surface area contributed by atoms with Gasteiger partial charge in [0.15, 0.2) is 19.5 Å². The molecule has 0 unspecified atom stereocenters. The summed E-state index contributed by atoms with van der Waals surface area (Å²) < 4.78 is 18.7. The highest BCUT2D eigenvalue weighted by molar-refractivity contribution is 9.10. The number of carbonyl (C=O) groups is 1. The van der Waals surface area contributed by atoms with E-state index in [0.29, 0.717) is 19.8 Å². The fourth-order valence-corrected chi connectivity index (χ4v) is 4.92. The number of benzene rings is 1. The number of hydrogen-bond donors (Lipinski definition) is 0. The van der Waals surface area contributed by atoms with Gasteiger partial charge in [0.1, 0.15) is 6.29 Å². The van der Waals surface area contributed by atoms with Crippen molar-refractivity contribution in [3.05, 3.63) is 28.2 Å². The Balaban J connectivity index is 2.52. The molecule has 0 heterocycles. The van der Waals surface area contributed by atoms with Crippen molar-refractivity contribution in [2.24, 2.45) is 5.41 Å². The minimum absolute atomic E-state index is 0.0170. The van der Waals surface area contributed by atoms with Crippen molar-refractivity contribution >= 4 is 47.1 Å². The summed E-state index contributed by atoms with van der Waals surface area (Å²) >= 11 is 3.50. The van der Waals surface area contributed by atoms with Crippen LogP contribution in [0.1, 0.15) is 32.8 Å². The zero-order valence-electron chi connectivity index (χ0n) is 17.5. The standard InChI is InChI=1S/C19H34BrNO4Si2/c1-14-13-16(7-8-17(14)20)21(15(2)22)10-12-23-11-9-19(3,4)18(24-26-5)25-27-6/h7-8,13,18H,9-12,26-27H2,1-6H3. The summed E-state index contributed by atoms with van der Waals surface area (Å²) in [6, 6.07) is 5.93. The van der Waals surface area contributed by atoms with Gasteiger partial charge >= 0.3 is 0 Å². The van der Waals surface area contributed by atoms with E-state index in [1.165, 1.54) is 0 Å². The highest BCUT2D eigenvalue weighted by atomic mass is 79.9. The van der Waals surface area contributed by atoms with Crippen LogP contribution in [0.15, 0.2) is 22.7 Å². The lowest BCUT2D eigenvalue weighted by atomic mass is 9.89. The second-order valence-electron chi connectivity index (χ2n) is 7.20. The maximum absolute atomic E-state index is 12.0. The van der Waals surface area contributed by atoms with Gasteiger partial charge in [0.05, 0.1) is 6.61 Å². The van der Waals surface area contributed by atoms with Crippen LogP contribution < -0.4 is 4.90 Å². The Morgan fingerprint density at radius 1 is 1.22 bits per heavy atom. The number of nitrogens with zero attached hydrogens (tertiary/aromatic N) is 1. The van der Waals surface area contributed by atoms with E-state index in [4.69, 9.17) is 13.6 Å². The van der Waals surface area contributed by atoms with E-state index in [9.17, 15) is 4.79 Å². The summed E-state index contributed by atoms with van der Waals surface area (Å²) in [5.74, 6) is 0.0170. The van der Waals surface area contributed by atoms with E-state index >= 15 is 0 Å². The van der Waals surface area contributed by atoms with Gasteiger partial charge in [-0.25, -0.2) is 0 Å². The van der Waals surface area contributed by atoms with E-state index in [2.05, 4.69) is 42.9 Å². The zero-order chi connectivity index (χ0) is 20.4. The molecule has 1 aromatic rings. The maximum Gasteiger partial charge on any atom is 0.223 e. The van der Waals surface area contributed by atoms with Crippen molar-refractivity contribution < 1.29 is 18.4 Å². The van der Waals surface area contributed by atoms with Gasteiger partial charge in [0, 0.05) is 35.7 Å². The van der Waals surface area contributed by atoms with E-state index in [-0.39, 0.29) is 17.6 Å². The van der Waals surface area contributed by atoms with Crippen LogP contribution in [0.3, 0.4) is 0 Å². The van der Waals surface area contributed by atoms with E-state index in [1.807, 2.05) is 25.1 Å². The summed E-state index contributed by atoms with van der Waals surface area (Å²) in [6.45, 7) is 13.9. The average Bonchev–Trinajstić information content (AvgIpc) is 2.60. The number of rotatable bonds is 12. The fourth-order valence-electron chi connectivity index (χ4n) is 2.78. The number of amides is 1. The number of anilines is 1. The monoisotopic (exact) mass is 475 g/mol. The van der Waals surface area contributed by atoms with Gasteiger partial charge in [-0.3, -0.25) is 4.79 Å². The Hall–Kier alpha value is -0.516. The summed E-state index contributed by atoms with van der Waals surface area (Å²) in [5.41, 5.74) is 1.93. The molecule has 0 N–H and O–H groups in total. The Bertz CT molecular complexity index is 595. The molecule has 1 amide bonds. The van der Waals surface area contributed by atoms with Gasteiger partial charge in [0.2, 0.25) is 5.91 Å². The zero-order valence-corrected chi connectivity index (χ0v) is 21.9. The van der Waals surface area contributed by atoms with Gasteiger partial charge in [-0.1, -0.05) is 42.9 Å². The van der Waals surface area contributed by atoms with Crippen molar-refractivity contribution in [2.45, 2.75) is 53.5 Å². The van der Waals surface area contributed by atoms with Crippen LogP contribution >= 0.6 is 15.9 Å². The van der Waals surface area contributed by atoms with E-state index < -0.39 is 19.5 Å². The first-order chi connectivity index (χ1) is 12.7. The van der Waals surface area contributed by atoms with Gasteiger partial charge in [-0.05, 0) is 37.1 Å². The van der Waals surface area contributed by atoms with Crippen LogP contribution in [-0.4, -0.2) is 51.5 Å². The van der Waals surface area contributed by atoms with Crippen molar-refractivity contribution in [2.75, 3.05) is 24.7 Å². The molecule has 0 aliphatic heterocycles. The molecule has 0 fully saturated rings. The molecule has 0 saturated carbocycles. The van der Waals surface area contributed by atoms with Crippen molar-refractivity contribution in [1.82, 2.24) is 0 Å². The second kappa shape index (κ2) is 12.1. The summed E-state index contributed by atoms with van der Waals surface area (Å²) in [6.07, 6.45) is 0.742. The lowest BCUT2D eigenvalue weighted by molar-refractivity contribution is -0.116. The number of ether oxygens (including phenoxy) is 1. The first-order valence-corrected chi connectivity index (χ1v) is 14.4. The average molecular weight is 477 g/mol. The third-order valence-corrected chi connectivity index (χ3v) is 6.62. The smallest absolute Gasteiger partial charge is 0.223 e. The van der Waals surface area contributed by atoms with Gasteiger partial charge in [-0.15, -0.1) is 0 Å². The molecule has 154 valence electrons. The molecular weight excluding hydrogens is 442 g/mol. The largest absolute Gasteiger partial charge is 0.400 e. The summed E-state index contributed by atoms with van der Waals surface area (Å²) in [7, 11) is -1.03. The highest BCUT2D eigenvalue weighted by Gasteiger charge is 2.29. The molecule has 0 aromatic heterocycles. The van der Waals surface area contributed by atoms with E-state index in [0.717, 1.165) is 22.1 Å². The van der Waals surface area contributed by atoms with Gasteiger partial charge < -0.3 is 18.5 Å². The quantitative estimate of drug-likeness (QED) is 0.264. The second-order valence-corrected chi connectivity index (χ2v) is 9.87. The summed E-state index contributed by atoms with van der Waals surface area (Å²) in [5, 5.41) is 0.